The number of ether oxygens (including phenoxy) is 1. The van der Waals surface area contributed by atoms with E-state index in [0.717, 1.165) is 0 Å². The highest BCUT2D eigenvalue weighted by Crippen LogP contribution is 2.35. The van der Waals surface area contributed by atoms with Crippen LogP contribution in [-0.4, -0.2) is 25.0 Å². The van der Waals surface area contributed by atoms with Gasteiger partial charge in [0.2, 0.25) is 0 Å². The Bertz CT molecular complexity index is 602. The Hall–Kier alpha value is -1.30. The van der Waals surface area contributed by atoms with Crippen LogP contribution in [0.2, 0.25) is 10.0 Å². The van der Waals surface area contributed by atoms with Gasteiger partial charge in [0.15, 0.2) is 10.9 Å². The summed E-state index contributed by atoms with van der Waals surface area (Å²) in [5.41, 5.74) is 0.231. The van der Waals surface area contributed by atoms with Crippen molar-refractivity contribution in [1.29, 1.82) is 0 Å². The largest absolute Gasteiger partial charge is 0.494 e. The molecule has 0 bridgehead atoms. The highest BCUT2D eigenvalue weighted by molar-refractivity contribution is 7.13. The summed E-state index contributed by atoms with van der Waals surface area (Å²) >= 11 is 13.4. The minimum atomic E-state index is -0.320. The number of carbonyl (C=O) groups excluding carboxylic acids is 1. The van der Waals surface area contributed by atoms with Crippen LogP contribution >= 0.6 is 34.5 Å². The van der Waals surface area contributed by atoms with Crippen LogP contribution in [0, 0.1) is 0 Å². The molecular weight excluding hydrogens is 307 g/mol. The first kappa shape index (κ1) is 14.1. The quantitative estimate of drug-likeness (QED) is 0.866. The number of hydrogen-bond donors (Lipinski definition) is 0. The van der Waals surface area contributed by atoms with Gasteiger partial charge >= 0.3 is 0 Å². The number of anilines is 1. The number of thiazole rings is 1. The first-order valence-electron chi connectivity index (χ1n) is 5.25. The van der Waals surface area contributed by atoms with Gasteiger partial charge in [0.1, 0.15) is 5.56 Å². The molecule has 7 heteroatoms. The van der Waals surface area contributed by atoms with Gasteiger partial charge in [-0.25, -0.2) is 4.98 Å². The third kappa shape index (κ3) is 2.68. The van der Waals surface area contributed by atoms with Gasteiger partial charge in [-0.2, -0.15) is 0 Å². The van der Waals surface area contributed by atoms with Crippen LogP contribution in [0.15, 0.2) is 23.7 Å². The Morgan fingerprint density at radius 3 is 2.63 bits per heavy atom. The minimum Gasteiger partial charge on any atom is -0.494 e. The maximum absolute atomic E-state index is 12.5. The zero-order chi connectivity index (χ0) is 14.0. The summed E-state index contributed by atoms with van der Waals surface area (Å²) in [6.07, 6.45) is 1.63. The van der Waals surface area contributed by atoms with Crippen LogP contribution in [0.25, 0.3) is 0 Å². The standard InChI is InChI=1S/C12H10Cl2N2O2S/c1-16(12-15-5-6-19-12)11(17)9-7(13)3-4-8(14)10(9)18-2/h3-6H,1-2H3. The molecule has 0 atom stereocenters. The number of nitrogens with zero attached hydrogens (tertiary/aromatic N) is 2. The van der Waals surface area contributed by atoms with Gasteiger partial charge < -0.3 is 4.74 Å². The van der Waals surface area contributed by atoms with E-state index in [-0.39, 0.29) is 22.2 Å². The van der Waals surface area contributed by atoms with Crippen molar-refractivity contribution < 1.29 is 9.53 Å². The van der Waals surface area contributed by atoms with E-state index in [1.165, 1.54) is 23.3 Å². The molecule has 0 aliphatic rings. The second-order valence-electron chi connectivity index (χ2n) is 3.62. The second kappa shape index (κ2) is 5.77. The summed E-state index contributed by atoms with van der Waals surface area (Å²) < 4.78 is 5.16. The summed E-state index contributed by atoms with van der Waals surface area (Å²) in [5, 5.41) is 2.98. The second-order valence-corrected chi connectivity index (χ2v) is 5.30. The number of methoxy groups -OCH3 is 1. The maximum Gasteiger partial charge on any atom is 0.265 e. The minimum absolute atomic E-state index is 0.231. The van der Waals surface area contributed by atoms with Gasteiger partial charge in [-0.05, 0) is 12.1 Å². The van der Waals surface area contributed by atoms with Gasteiger partial charge in [0, 0.05) is 18.6 Å². The monoisotopic (exact) mass is 316 g/mol. The number of aromatic nitrogens is 1. The summed E-state index contributed by atoms with van der Waals surface area (Å²) in [5.74, 6) is -0.0538. The molecule has 1 aromatic heterocycles. The third-order valence-electron chi connectivity index (χ3n) is 2.49. The highest BCUT2D eigenvalue weighted by atomic mass is 35.5. The summed E-state index contributed by atoms with van der Waals surface area (Å²) in [7, 11) is 3.07. The molecule has 0 aliphatic heterocycles. The molecule has 0 saturated heterocycles. The SMILES string of the molecule is COc1c(Cl)ccc(Cl)c1C(=O)N(C)c1nccs1. The van der Waals surface area contributed by atoms with E-state index in [1.54, 1.807) is 30.8 Å². The molecule has 19 heavy (non-hydrogen) atoms. The highest BCUT2D eigenvalue weighted by Gasteiger charge is 2.24. The first-order valence-corrected chi connectivity index (χ1v) is 6.89. The van der Waals surface area contributed by atoms with Crippen molar-refractivity contribution >= 4 is 45.6 Å². The number of halogens is 2. The fourth-order valence-electron chi connectivity index (χ4n) is 1.57. The number of hydrogen-bond acceptors (Lipinski definition) is 4. The van der Waals surface area contributed by atoms with Gasteiger partial charge in [-0.1, -0.05) is 23.2 Å². The van der Waals surface area contributed by atoms with Crippen LogP contribution in [-0.2, 0) is 0 Å². The lowest BCUT2D eigenvalue weighted by Crippen LogP contribution is -2.26. The molecule has 1 amide bonds. The van der Waals surface area contributed by atoms with Crippen LogP contribution in [0.4, 0.5) is 5.13 Å². The van der Waals surface area contributed by atoms with Crippen molar-refractivity contribution in [1.82, 2.24) is 4.98 Å². The van der Waals surface area contributed by atoms with E-state index in [0.29, 0.717) is 10.2 Å². The van der Waals surface area contributed by atoms with Crippen molar-refractivity contribution in [3.8, 4) is 5.75 Å². The fourth-order valence-corrected chi connectivity index (χ4v) is 2.64. The average molecular weight is 317 g/mol. The predicted octanol–water partition coefficient (Wildman–Crippen LogP) is 3.74. The van der Waals surface area contributed by atoms with Gasteiger partial charge in [-0.15, -0.1) is 11.3 Å². The molecule has 2 aromatic rings. The van der Waals surface area contributed by atoms with Crippen molar-refractivity contribution in [3.05, 3.63) is 39.3 Å². The van der Waals surface area contributed by atoms with Crippen molar-refractivity contribution in [2.24, 2.45) is 0 Å². The molecule has 0 unspecified atom stereocenters. The summed E-state index contributed by atoms with van der Waals surface area (Å²) in [6, 6.07) is 3.15. The lowest BCUT2D eigenvalue weighted by molar-refractivity contribution is 0.0990. The summed E-state index contributed by atoms with van der Waals surface area (Å²) in [6.45, 7) is 0. The van der Waals surface area contributed by atoms with Crippen LogP contribution in [0.5, 0.6) is 5.75 Å². The lowest BCUT2D eigenvalue weighted by atomic mass is 10.1. The Labute approximate surface area is 124 Å². The molecule has 0 N–H and O–H groups in total. The molecule has 0 radical (unpaired) electrons. The Morgan fingerprint density at radius 1 is 1.37 bits per heavy atom. The smallest absolute Gasteiger partial charge is 0.265 e. The van der Waals surface area contributed by atoms with Crippen LogP contribution < -0.4 is 9.64 Å². The molecule has 0 aliphatic carbocycles. The third-order valence-corrected chi connectivity index (χ3v) is 3.95. The van der Waals surface area contributed by atoms with E-state index in [1.807, 2.05) is 0 Å². The molecule has 0 fully saturated rings. The molecule has 1 aromatic carbocycles. The first-order chi connectivity index (χ1) is 9.06. The summed E-state index contributed by atoms with van der Waals surface area (Å²) in [4.78, 5) is 17.9. The van der Waals surface area contributed by atoms with E-state index >= 15 is 0 Å². The predicted molar refractivity (Wildman–Crippen MR) is 77.9 cm³/mol. The molecule has 4 nitrogen and oxygen atoms in total. The van der Waals surface area contributed by atoms with E-state index < -0.39 is 0 Å². The van der Waals surface area contributed by atoms with Crippen molar-refractivity contribution in [3.63, 3.8) is 0 Å². The van der Waals surface area contributed by atoms with Crippen LogP contribution in [0.3, 0.4) is 0 Å². The maximum atomic E-state index is 12.5. The number of benzene rings is 1. The van der Waals surface area contributed by atoms with E-state index in [9.17, 15) is 4.79 Å². The normalized spacial score (nSPS) is 10.3. The zero-order valence-corrected chi connectivity index (χ0v) is 12.5. The molecular formula is C12H10Cl2N2O2S. The molecule has 100 valence electrons. The van der Waals surface area contributed by atoms with Crippen molar-refractivity contribution in [2.75, 3.05) is 19.1 Å². The molecule has 1 heterocycles. The molecule has 0 spiro atoms. The fraction of sp³-hybridized carbons (Fsp3) is 0.167. The van der Waals surface area contributed by atoms with E-state index in [2.05, 4.69) is 4.98 Å². The number of carbonyl (C=O) groups is 1. The lowest BCUT2D eigenvalue weighted by Gasteiger charge is -2.17. The average Bonchev–Trinajstić information content (AvgIpc) is 2.93. The number of rotatable bonds is 3. The molecule has 0 saturated carbocycles. The Kier molecular flexibility index (Phi) is 4.29. The molecule has 2 rings (SSSR count). The Morgan fingerprint density at radius 2 is 2.05 bits per heavy atom. The van der Waals surface area contributed by atoms with Gasteiger partial charge in [-0.3, -0.25) is 9.69 Å². The van der Waals surface area contributed by atoms with Gasteiger partial charge in [0.05, 0.1) is 17.2 Å². The van der Waals surface area contributed by atoms with Crippen LogP contribution in [0.1, 0.15) is 10.4 Å². The van der Waals surface area contributed by atoms with Gasteiger partial charge in [0.25, 0.3) is 5.91 Å². The topological polar surface area (TPSA) is 42.4 Å². The van der Waals surface area contributed by atoms with E-state index in [4.69, 9.17) is 27.9 Å². The Balaban J connectivity index is 2.47. The zero-order valence-electron chi connectivity index (χ0n) is 10.2. The number of amides is 1. The van der Waals surface area contributed by atoms with Crippen molar-refractivity contribution in [2.45, 2.75) is 0 Å².